The number of halogens is 1. The monoisotopic (exact) mass is 329 g/mol. The van der Waals surface area contributed by atoms with Gasteiger partial charge in [0, 0.05) is 23.9 Å². The average Bonchev–Trinajstić information content (AvgIpc) is 2.58. The molecule has 0 bridgehead atoms. The number of thiophene rings is 1. The van der Waals surface area contributed by atoms with Crippen LogP contribution in [-0.4, -0.2) is 23.3 Å². The summed E-state index contributed by atoms with van der Waals surface area (Å²) in [7, 11) is 0. The number of carbonyl (C=O) groups excluding carboxylic acids is 1. The largest absolute Gasteiger partial charge is 0.300 e. The molecule has 2 heterocycles. The topological polar surface area (TPSA) is 20.3 Å². The molecule has 2 rings (SSSR count). The zero-order valence-corrected chi connectivity index (χ0v) is 13.2. The normalized spacial score (nSPS) is 21.8. The van der Waals surface area contributed by atoms with Crippen LogP contribution >= 0.6 is 27.3 Å². The smallest absolute Gasteiger partial charge is 0.131 e. The van der Waals surface area contributed by atoms with E-state index < -0.39 is 0 Å². The van der Waals surface area contributed by atoms with Crippen molar-refractivity contribution in [3.8, 4) is 0 Å². The van der Waals surface area contributed by atoms with Gasteiger partial charge in [-0.2, -0.15) is 0 Å². The van der Waals surface area contributed by atoms with Gasteiger partial charge in [0.15, 0.2) is 0 Å². The standard InChI is InChI=1S/C14H20BrNOS/c1-11(17)9-12-5-3-2-4-8-16(12)10-13-6-7-14(15)18-13/h6-7,12H,2-5,8-10H2,1H3. The van der Waals surface area contributed by atoms with E-state index in [1.54, 1.807) is 18.3 Å². The van der Waals surface area contributed by atoms with E-state index in [-0.39, 0.29) is 0 Å². The molecule has 0 radical (unpaired) electrons. The van der Waals surface area contributed by atoms with Crippen molar-refractivity contribution in [3.63, 3.8) is 0 Å². The Bertz CT molecular complexity index is 404. The molecule has 0 spiro atoms. The van der Waals surface area contributed by atoms with E-state index in [1.807, 2.05) is 0 Å². The Morgan fingerprint density at radius 1 is 1.44 bits per heavy atom. The first kappa shape index (κ1) is 14.2. The van der Waals surface area contributed by atoms with Gasteiger partial charge in [-0.25, -0.2) is 0 Å². The molecule has 1 fully saturated rings. The molecule has 100 valence electrons. The van der Waals surface area contributed by atoms with E-state index >= 15 is 0 Å². The number of hydrogen-bond acceptors (Lipinski definition) is 3. The van der Waals surface area contributed by atoms with Gasteiger partial charge in [-0.1, -0.05) is 12.8 Å². The van der Waals surface area contributed by atoms with Crippen molar-refractivity contribution in [1.29, 1.82) is 0 Å². The van der Waals surface area contributed by atoms with E-state index in [0.29, 0.717) is 18.2 Å². The molecule has 1 aromatic heterocycles. The summed E-state index contributed by atoms with van der Waals surface area (Å²) in [5, 5.41) is 0. The van der Waals surface area contributed by atoms with Gasteiger partial charge in [0.1, 0.15) is 5.78 Å². The number of ketones is 1. The second-order valence-corrected chi connectivity index (χ2v) is 7.63. The predicted octanol–water partition coefficient (Wildman–Crippen LogP) is 4.23. The molecule has 1 aliphatic rings. The van der Waals surface area contributed by atoms with Crippen LogP contribution in [-0.2, 0) is 11.3 Å². The highest BCUT2D eigenvalue weighted by Gasteiger charge is 2.22. The lowest BCUT2D eigenvalue weighted by Crippen LogP contribution is -2.35. The molecular formula is C14H20BrNOS. The van der Waals surface area contributed by atoms with Gasteiger partial charge in [0.05, 0.1) is 3.79 Å². The van der Waals surface area contributed by atoms with Gasteiger partial charge in [-0.05, 0) is 54.4 Å². The number of rotatable bonds is 4. The molecule has 0 saturated carbocycles. The third-order valence-corrected chi connectivity index (χ3v) is 5.12. The number of hydrogen-bond donors (Lipinski definition) is 0. The summed E-state index contributed by atoms with van der Waals surface area (Å²) in [5.41, 5.74) is 0. The van der Waals surface area contributed by atoms with E-state index in [1.165, 1.54) is 34.3 Å². The van der Waals surface area contributed by atoms with Crippen LogP contribution in [0.1, 0.15) is 43.9 Å². The summed E-state index contributed by atoms with van der Waals surface area (Å²) >= 11 is 5.31. The minimum absolute atomic E-state index is 0.319. The lowest BCUT2D eigenvalue weighted by molar-refractivity contribution is -0.118. The fourth-order valence-electron chi connectivity index (χ4n) is 2.64. The van der Waals surface area contributed by atoms with E-state index in [9.17, 15) is 4.79 Å². The van der Waals surface area contributed by atoms with Crippen LogP contribution in [0.5, 0.6) is 0 Å². The minimum Gasteiger partial charge on any atom is -0.300 e. The zero-order chi connectivity index (χ0) is 13.0. The summed E-state index contributed by atoms with van der Waals surface area (Å²) in [5.74, 6) is 0.319. The zero-order valence-electron chi connectivity index (χ0n) is 10.8. The second kappa shape index (κ2) is 6.83. The fraction of sp³-hybridized carbons (Fsp3) is 0.643. The maximum atomic E-state index is 11.4. The summed E-state index contributed by atoms with van der Waals surface area (Å²) < 4.78 is 1.19. The van der Waals surface area contributed by atoms with Crippen molar-refractivity contribution >= 4 is 33.0 Å². The van der Waals surface area contributed by atoms with Crippen molar-refractivity contribution in [2.45, 2.75) is 51.6 Å². The molecule has 0 aliphatic carbocycles. The SMILES string of the molecule is CC(=O)CC1CCCCCN1Cc1ccc(Br)s1. The maximum absolute atomic E-state index is 11.4. The highest BCUT2D eigenvalue weighted by molar-refractivity contribution is 9.11. The van der Waals surface area contributed by atoms with E-state index in [0.717, 1.165) is 13.1 Å². The van der Waals surface area contributed by atoms with Crippen LogP contribution in [0.3, 0.4) is 0 Å². The van der Waals surface area contributed by atoms with Crippen molar-refractivity contribution in [1.82, 2.24) is 4.90 Å². The van der Waals surface area contributed by atoms with Gasteiger partial charge in [-0.15, -0.1) is 11.3 Å². The van der Waals surface area contributed by atoms with E-state index in [2.05, 4.69) is 33.0 Å². The Hall–Kier alpha value is -0.190. The maximum Gasteiger partial charge on any atom is 0.131 e. The van der Waals surface area contributed by atoms with Crippen LogP contribution in [0.25, 0.3) is 0 Å². The number of likely N-dealkylation sites (tertiary alicyclic amines) is 1. The molecule has 1 unspecified atom stereocenters. The lowest BCUT2D eigenvalue weighted by Gasteiger charge is -2.28. The molecule has 4 heteroatoms. The van der Waals surface area contributed by atoms with Gasteiger partial charge in [0.25, 0.3) is 0 Å². The Morgan fingerprint density at radius 3 is 2.94 bits per heavy atom. The Balaban J connectivity index is 2.02. The van der Waals surface area contributed by atoms with Gasteiger partial charge in [0.2, 0.25) is 0 Å². The minimum atomic E-state index is 0.319. The summed E-state index contributed by atoms with van der Waals surface area (Å²) in [4.78, 5) is 15.3. The first-order chi connectivity index (χ1) is 8.65. The molecule has 2 nitrogen and oxygen atoms in total. The molecule has 0 amide bonds. The summed E-state index contributed by atoms with van der Waals surface area (Å²) in [6.45, 7) is 3.84. The first-order valence-electron chi connectivity index (χ1n) is 6.63. The molecule has 0 N–H and O–H groups in total. The van der Waals surface area contributed by atoms with Gasteiger partial charge < -0.3 is 0 Å². The molecule has 1 aromatic rings. The highest BCUT2D eigenvalue weighted by atomic mass is 79.9. The van der Waals surface area contributed by atoms with Crippen LogP contribution in [0.4, 0.5) is 0 Å². The van der Waals surface area contributed by atoms with Crippen molar-refractivity contribution in [2.75, 3.05) is 6.54 Å². The van der Waals surface area contributed by atoms with Gasteiger partial charge in [-0.3, -0.25) is 9.69 Å². The van der Waals surface area contributed by atoms with Crippen molar-refractivity contribution in [3.05, 3.63) is 20.8 Å². The highest BCUT2D eigenvalue weighted by Crippen LogP contribution is 2.27. The molecule has 1 atom stereocenters. The van der Waals surface area contributed by atoms with Crippen LogP contribution < -0.4 is 0 Å². The average molecular weight is 330 g/mol. The lowest BCUT2D eigenvalue weighted by atomic mass is 10.0. The number of Topliss-reactive ketones (excluding diaryl/α,β-unsaturated/α-hetero) is 1. The predicted molar refractivity (Wildman–Crippen MR) is 80.0 cm³/mol. The molecule has 1 saturated heterocycles. The molecule has 1 aliphatic heterocycles. The Labute approximate surface area is 122 Å². The number of carbonyl (C=O) groups is 1. The summed E-state index contributed by atoms with van der Waals surface area (Å²) in [6, 6.07) is 4.74. The third-order valence-electron chi connectivity index (χ3n) is 3.51. The van der Waals surface area contributed by atoms with E-state index in [4.69, 9.17) is 0 Å². The van der Waals surface area contributed by atoms with Gasteiger partial charge >= 0.3 is 0 Å². The molecular weight excluding hydrogens is 310 g/mol. The fourth-order valence-corrected chi connectivity index (χ4v) is 4.15. The Kier molecular flexibility index (Phi) is 5.39. The van der Waals surface area contributed by atoms with Crippen molar-refractivity contribution in [2.24, 2.45) is 0 Å². The van der Waals surface area contributed by atoms with Crippen molar-refractivity contribution < 1.29 is 4.79 Å². The first-order valence-corrected chi connectivity index (χ1v) is 8.24. The Morgan fingerprint density at radius 2 is 2.28 bits per heavy atom. The summed E-state index contributed by atoms with van der Waals surface area (Å²) in [6.07, 6.45) is 5.72. The molecule has 0 aromatic carbocycles. The van der Waals surface area contributed by atoms with Crippen LogP contribution in [0, 0.1) is 0 Å². The van der Waals surface area contributed by atoms with Crippen LogP contribution in [0.15, 0.2) is 15.9 Å². The van der Waals surface area contributed by atoms with Crippen LogP contribution in [0.2, 0.25) is 0 Å². The molecule has 18 heavy (non-hydrogen) atoms. The third kappa shape index (κ3) is 4.18. The quantitative estimate of drug-likeness (QED) is 0.823. The second-order valence-electron chi connectivity index (χ2n) is 5.09. The number of nitrogens with zero attached hydrogens (tertiary/aromatic N) is 1.